The van der Waals surface area contributed by atoms with Gasteiger partial charge in [-0.2, -0.15) is 0 Å². The normalized spacial score (nSPS) is 16.4. The second kappa shape index (κ2) is 12.5. The Hall–Kier alpha value is -4.48. The fraction of sp³-hybridized carbons (Fsp3) is 0.360. The predicted molar refractivity (Wildman–Crippen MR) is 131 cm³/mol. The number of benzene rings is 1. The van der Waals surface area contributed by atoms with E-state index in [1.807, 2.05) is 18.2 Å². The SMILES string of the molecule is Nc1ccc(C(=O)N[C@@H](Cc2ccccc2)C(=O)N2CCC[C@H]2C(=O)N[C@@H](CCC(=O)O)C(=O)O)nc1. The topological polar surface area (TPSA) is 192 Å². The highest BCUT2D eigenvalue weighted by molar-refractivity contribution is 5.98. The van der Waals surface area contributed by atoms with Crippen molar-refractivity contribution in [2.24, 2.45) is 0 Å². The zero-order chi connectivity index (χ0) is 26.9. The van der Waals surface area contributed by atoms with Crippen molar-refractivity contribution in [1.29, 1.82) is 0 Å². The van der Waals surface area contributed by atoms with Crippen LogP contribution in [0.1, 0.15) is 41.7 Å². The Bertz CT molecular complexity index is 1140. The van der Waals surface area contributed by atoms with Crippen molar-refractivity contribution in [2.45, 2.75) is 50.2 Å². The number of amides is 3. The third kappa shape index (κ3) is 7.50. The molecular weight excluding hydrogens is 482 g/mol. The van der Waals surface area contributed by atoms with Crippen molar-refractivity contribution >= 4 is 35.3 Å². The van der Waals surface area contributed by atoms with Gasteiger partial charge in [-0.1, -0.05) is 30.3 Å². The number of carbonyl (C=O) groups is 5. The third-order valence-corrected chi connectivity index (χ3v) is 6.01. The fourth-order valence-electron chi connectivity index (χ4n) is 4.12. The number of anilines is 1. The van der Waals surface area contributed by atoms with Gasteiger partial charge in [-0.05, 0) is 37.0 Å². The molecular formula is C25H29N5O7. The smallest absolute Gasteiger partial charge is 0.326 e. The zero-order valence-electron chi connectivity index (χ0n) is 20.0. The van der Waals surface area contributed by atoms with Gasteiger partial charge in [0.25, 0.3) is 5.91 Å². The highest BCUT2D eigenvalue weighted by atomic mass is 16.4. The van der Waals surface area contributed by atoms with E-state index in [0.717, 1.165) is 5.56 Å². The van der Waals surface area contributed by atoms with E-state index in [-0.39, 0.29) is 25.1 Å². The average Bonchev–Trinajstić information content (AvgIpc) is 3.36. The average molecular weight is 512 g/mol. The molecule has 1 aromatic carbocycles. The molecule has 37 heavy (non-hydrogen) atoms. The maximum atomic E-state index is 13.6. The Labute approximate surface area is 212 Å². The zero-order valence-corrected chi connectivity index (χ0v) is 20.0. The summed E-state index contributed by atoms with van der Waals surface area (Å²) >= 11 is 0. The second-order valence-corrected chi connectivity index (χ2v) is 8.71. The number of nitrogens with two attached hydrogens (primary N) is 1. The first-order chi connectivity index (χ1) is 17.7. The first-order valence-corrected chi connectivity index (χ1v) is 11.8. The first kappa shape index (κ1) is 27.1. The van der Waals surface area contributed by atoms with Gasteiger partial charge in [-0.25, -0.2) is 9.78 Å². The molecule has 1 saturated heterocycles. The molecule has 0 radical (unpaired) electrons. The minimum atomic E-state index is -1.41. The number of hydrogen-bond donors (Lipinski definition) is 5. The van der Waals surface area contributed by atoms with Crippen LogP contribution < -0.4 is 16.4 Å². The van der Waals surface area contributed by atoms with Crippen LogP contribution in [0.4, 0.5) is 5.69 Å². The number of hydrogen-bond acceptors (Lipinski definition) is 7. The van der Waals surface area contributed by atoms with E-state index in [2.05, 4.69) is 15.6 Å². The van der Waals surface area contributed by atoms with E-state index in [0.29, 0.717) is 18.5 Å². The standard InChI is InChI=1S/C25H29N5O7/c26-16-8-9-17(27-14-16)22(33)29-19(13-15-5-2-1-3-6-15)24(35)30-12-4-7-20(30)23(34)28-18(25(36)37)10-11-21(31)32/h1-3,5-6,8-9,14,18-20H,4,7,10-13,26H2,(H,28,34)(H,29,33)(H,31,32)(H,36,37)/t18-,19-,20-/m0/s1. The number of likely N-dealkylation sites (tertiary alicyclic amines) is 1. The van der Waals surface area contributed by atoms with Crippen molar-refractivity contribution < 1.29 is 34.2 Å². The molecule has 0 spiro atoms. The molecule has 12 heteroatoms. The quantitative estimate of drug-likeness (QED) is 0.284. The van der Waals surface area contributed by atoms with Crippen LogP contribution >= 0.6 is 0 Å². The number of aromatic nitrogens is 1. The molecule has 3 rings (SSSR count). The number of rotatable bonds is 11. The highest BCUT2D eigenvalue weighted by Crippen LogP contribution is 2.20. The Morgan fingerprint density at radius 3 is 2.38 bits per heavy atom. The summed E-state index contributed by atoms with van der Waals surface area (Å²) in [7, 11) is 0. The van der Waals surface area contributed by atoms with Crippen molar-refractivity contribution in [3.05, 3.63) is 59.9 Å². The molecule has 3 amide bonds. The Balaban J connectivity index is 1.78. The summed E-state index contributed by atoms with van der Waals surface area (Å²) in [4.78, 5) is 67.1. The Morgan fingerprint density at radius 2 is 1.76 bits per heavy atom. The predicted octanol–water partition coefficient (Wildman–Crippen LogP) is 0.430. The van der Waals surface area contributed by atoms with Crippen LogP contribution in [-0.2, 0) is 25.6 Å². The van der Waals surface area contributed by atoms with Crippen LogP contribution in [0, 0.1) is 0 Å². The molecule has 1 fully saturated rings. The molecule has 6 N–H and O–H groups in total. The number of carboxylic acids is 2. The van der Waals surface area contributed by atoms with E-state index in [1.54, 1.807) is 12.1 Å². The van der Waals surface area contributed by atoms with Crippen LogP contribution in [0.3, 0.4) is 0 Å². The molecule has 196 valence electrons. The summed E-state index contributed by atoms with van der Waals surface area (Å²) in [5, 5.41) is 23.3. The van der Waals surface area contributed by atoms with Gasteiger partial charge in [0.05, 0.1) is 11.9 Å². The first-order valence-electron chi connectivity index (χ1n) is 11.8. The molecule has 1 aliphatic rings. The van der Waals surface area contributed by atoms with E-state index in [9.17, 15) is 29.1 Å². The summed E-state index contributed by atoms with van der Waals surface area (Å²) in [6.45, 7) is 0.241. The second-order valence-electron chi connectivity index (χ2n) is 8.71. The Morgan fingerprint density at radius 1 is 1.03 bits per heavy atom. The summed E-state index contributed by atoms with van der Waals surface area (Å²) in [6.07, 6.45) is 1.55. The third-order valence-electron chi connectivity index (χ3n) is 6.01. The van der Waals surface area contributed by atoms with Crippen LogP contribution in [0.5, 0.6) is 0 Å². The summed E-state index contributed by atoms with van der Waals surface area (Å²) in [5.74, 6) is -4.32. The molecule has 0 bridgehead atoms. The number of carbonyl (C=O) groups excluding carboxylic acids is 3. The number of nitrogens with one attached hydrogen (secondary N) is 2. The largest absolute Gasteiger partial charge is 0.481 e. The number of aliphatic carboxylic acids is 2. The summed E-state index contributed by atoms with van der Waals surface area (Å²) in [6, 6.07) is 8.60. The molecule has 2 aromatic rings. The van der Waals surface area contributed by atoms with Gasteiger partial charge in [0.2, 0.25) is 11.8 Å². The van der Waals surface area contributed by atoms with Crippen LogP contribution in [0.25, 0.3) is 0 Å². The maximum Gasteiger partial charge on any atom is 0.326 e. The maximum absolute atomic E-state index is 13.6. The molecule has 1 aromatic heterocycles. The molecule has 0 aliphatic carbocycles. The lowest BCUT2D eigenvalue weighted by molar-refractivity contribution is -0.145. The fourth-order valence-corrected chi connectivity index (χ4v) is 4.12. The molecule has 2 heterocycles. The van der Waals surface area contributed by atoms with Gasteiger partial charge < -0.3 is 31.5 Å². The number of nitrogen functional groups attached to an aromatic ring is 1. The molecule has 0 unspecified atom stereocenters. The van der Waals surface area contributed by atoms with Gasteiger partial charge in [-0.15, -0.1) is 0 Å². The van der Waals surface area contributed by atoms with Crippen LogP contribution in [0.15, 0.2) is 48.7 Å². The lowest BCUT2D eigenvalue weighted by atomic mass is 10.0. The lowest BCUT2D eigenvalue weighted by Gasteiger charge is -2.29. The highest BCUT2D eigenvalue weighted by Gasteiger charge is 2.39. The van der Waals surface area contributed by atoms with E-state index < -0.39 is 54.2 Å². The van der Waals surface area contributed by atoms with Crippen molar-refractivity contribution in [2.75, 3.05) is 12.3 Å². The van der Waals surface area contributed by atoms with Gasteiger partial charge in [0, 0.05) is 19.4 Å². The minimum Gasteiger partial charge on any atom is -0.481 e. The van der Waals surface area contributed by atoms with Crippen molar-refractivity contribution in [1.82, 2.24) is 20.5 Å². The monoisotopic (exact) mass is 511 g/mol. The number of carboxylic acid groups (broad SMARTS) is 2. The van der Waals surface area contributed by atoms with Crippen LogP contribution in [-0.4, -0.2) is 74.4 Å². The molecule has 12 nitrogen and oxygen atoms in total. The van der Waals surface area contributed by atoms with E-state index in [1.165, 1.54) is 23.2 Å². The van der Waals surface area contributed by atoms with Gasteiger partial charge in [-0.3, -0.25) is 19.2 Å². The van der Waals surface area contributed by atoms with E-state index >= 15 is 0 Å². The molecule has 3 atom stereocenters. The lowest BCUT2D eigenvalue weighted by Crippen LogP contribution is -2.56. The molecule has 0 saturated carbocycles. The van der Waals surface area contributed by atoms with E-state index in [4.69, 9.17) is 10.8 Å². The van der Waals surface area contributed by atoms with Gasteiger partial charge in [0.15, 0.2) is 0 Å². The number of nitrogens with zero attached hydrogens (tertiary/aromatic N) is 2. The van der Waals surface area contributed by atoms with Crippen LogP contribution in [0.2, 0.25) is 0 Å². The van der Waals surface area contributed by atoms with Gasteiger partial charge in [0.1, 0.15) is 23.8 Å². The molecule has 1 aliphatic heterocycles. The Kier molecular flexibility index (Phi) is 9.14. The van der Waals surface area contributed by atoms with Crippen molar-refractivity contribution in [3.63, 3.8) is 0 Å². The number of pyridine rings is 1. The van der Waals surface area contributed by atoms with Gasteiger partial charge >= 0.3 is 11.9 Å². The summed E-state index contributed by atoms with van der Waals surface area (Å²) < 4.78 is 0. The minimum absolute atomic E-state index is 0.0681. The van der Waals surface area contributed by atoms with Crippen molar-refractivity contribution in [3.8, 4) is 0 Å². The summed E-state index contributed by atoms with van der Waals surface area (Å²) in [5.41, 5.74) is 6.86.